The third-order valence-electron chi connectivity index (χ3n) is 3.12. The van der Waals surface area contributed by atoms with E-state index in [-0.39, 0.29) is 22.4 Å². The van der Waals surface area contributed by atoms with Crippen molar-refractivity contribution in [2.75, 3.05) is 17.7 Å². The number of amides is 2. The van der Waals surface area contributed by atoms with Crippen molar-refractivity contribution >= 4 is 34.8 Å². The van der Waals surface area contributed by atoms with Gasteiger partial charge in [0.2, 0.25) is 5.91 Å². The summed E-state index contributed by atoms with van der Waals surface area (Å²) < 4.78 is 5.23. The van der Waals surface area contributed by atoms with E-state index in [9.17, 15) is 9.59 Å². The Kier molecular flexibility index (Phi) is 5.24. The van der Waals surface area contributed by atoms with Crippen LogP contribution in [0.25, 0.3) is 0 Å². The summed E-state index contributed by atoms with van der Waals surface area (Å²) in [5.74, 6) is -0.280. The summed E-state index contributed by atoms with van der Waals surface area (Å²) >= 11 is 6.12. The number of rotatable bonds is 4. The number of hydrogen-bond donors (Lipinski definition) is 2. The Morgan fingerprint density at radius 3 is 2.48 bits per heavy atom. The monoisotopic (exact) mass is 332 g/mol. The second kappa shape index (κ2) is 7.15. The van der Waals surface area contributed by atoms with Crippen LogP contribution in [0.15, 0.2) is 36.4 Å². The zero-order valence-corrected chi connectivity index (χ0v) is 13.8. The van der Waals surface area contributed by atoms with Gasteiger partial charge >= 0.3 is 0 Å². The Hall–Kier alpha value is -2.53. The highest BCUT2D eigenvalue weighted by molar-refractivity contribution is 6.34. The van der Waals surface area contributed by atoms with Gasteiger partial charge in [-0.25, -0.2) is 0 Å². The molecule has 2 rings (SSSR count). The molecule has 0 heterocycles. The molecular weight excluding hydrogens is 316 g/mol. The largest absolute Gasteiger partial charge is 0.496 e. The molecule has 6 heteroatoms. The SMILES string of the molecule is COc1cc(NC(C)=O)c(Cl)cc1C(=O)Nc1cccc(C)c1. The third kappa shape index (κ3) is 4.23. The van der Waals surface area contributed by atoms with Crippen molar-refractivity contribution in [3.05, 3.63) is 52.5 Å². The molecule has 23 heavy (non-hydrogen) atoms. The van der Waals surface area contributed by atoms with Gasteiger partial charge < -0.3 is 15.4 Å². The van der Waals surface area contributed by atoms with Crippen molar-refractivity contribution in [3.8, 4) is 5.75 Å². The van der Waals surface area contributed by atoms with Crippen LogP contribution in [0.3, 0.4) is 0 Å². The molecule has 0 fully saturated rings. The fraction of sp³-hybridized carbons (Fsp3) is 0.176. The summed E-state index contributed by atoms with van der Waals surface area (Å²) in [6.45, 7) is 3.32. The van der Waals surface area contributed by atoms with Crippen LogP contribution in [-0.2, 0) is 4.79 Å². The van der Waals surface area contributed by atoms with E-state index in [0.717, 1.165) is 5.56 Å². The fourth-order valence-electron chi connectivity index (χ4n) is 2.11. The van der Waals surface area contributed by atoms with Crippen molar-refractivity contribution in [2.45, 2.75) is 13.8 Å². The zero-order valence-electron chi connectivity index (χ0n) is 13.1. The highest BCUT2D eigenvalue weighted by Gasteiger charge is 2.16. The lowest BCUT2D eigenvalue weighted by molar-refractivity contribution is -0.114. The van der Waals surface area contributed by atoms with Gasteiger partial charge in [0.25, 0.3) is 5.91 Å². The summed E-state index contributed by atoms with van der Waals surface area (Å²) in [5.41, 5.74) is 2.39. The highest BCUT2D eigenvalue weighted by Crippen LogP contribution is 2.31. The number of aryl methyl sites for hydroxylation is 1. The number of carbonyl (C=O) groups is 2. The lowest BCUT2D eigenvalue weighted by atomic mass is 10.1. The average Bonchev–Trinajstić information content (AvgIpc) is 2.48. The first-order valence-corrected chi connectivity index (χ1v) is 7.31. The molecule has 0 aliphatic heterocycles. The van der Waals surface area contributed by atoms with Crippen LogP contribution in [0.4, 0.5) is 11.4 Å². The van der Waals surface area contributed by atoms with Gasteiger partial charge in [0.15, 0.2) is 0 Å². The fourth-order valence-corrected chi connectivity index (χ4v) is 2.32. The molecule has 2 aromatic rings. The van der Waals surface area contributed by atoms with E-state index < -0.39 is 0 Å². The number of halogens is 1. The summed E-state index contributed by atoms with van der Waals surface area (Å²) in [6, 6.07) is 10.4. The Morgan fingerprint density at radius 1 is 1.13 bits per heavy atom. The van der Waals surface area contributed by atoms with E-state index in [2.05, 4.69) is 10.6 Å². The number of ether oxygens (including phenoxy) is 1. The second-order valence-electron chi connectivity index (χ2n) is 5.04. The maximum atomic E-state index is 12.5. The molecule has 2 aromatic carbocycles. The van der Waals surface area contributed by atoms with Gasteiger partial charge in [-0.1, -0.05) is 23.7 Å². The first kappa shape index (κ1) is 16.8. The first-order valence-electron chi connectivity index (χ1n) is 6.94. The van der Waals surface area contributed by atoms with Crippen molar-refractivity contribution in [2.24, 2.45) is 0 Å². The number of methoxy groups -OCH3 is 1. The minimum atomic E-state index is -0.344. The zero-order chi connectivity index (χ0) is 17.0. The third-order valence-corrected chi connectivity index (χ3v) is 3.43. The van der Waals surface area contributed by atoms with Gasteiger partial charge in [0.05, 0.1) is 23.4 Å². The molecule has 0 radical (unpaired) electrons. The van der Waals surface area contributed by atoms with E-state index in [0.29, 0.717) is 17.1 Å². The summed E-state index contributed by atoms with van der Waals surface area (Å²) in [7, 11) is 1.45. The minimum Gasteiger partial charge on any atom is -0.496 e. The van der Waals surface area contributed by atoms with Gasteiger partial charge in [-0.05, 0) is 30.7 Å². The molecule has 0 unspecified atom stereocenters. The summed E-state index contributed by atoms with van der Waals surface area (Å²) in [5, 5.41) is 5.64. The van der Waals surface area contributed by atoms with Crippen LogP contribution in [-0.4, -0.2) is 18.9 Å². The number of nitrogens with one attached hydrogen (secondary N) is 2. The van der Waals surface area contributed by atoms with Crippen LogP contribution in [0.1, 0.15) is 22.8 Å². The second-order valence-corrected chi connectivity index (χ2v) is 5.44. The summed E-state index contributed by atoms with van der Waals surface area (Å²) in [4.78, 5) is 23.6. The number of carbonyl (C=O) groups excluding carboxylic acids is 2. The molecule has 120 valence electrons. The number of benzene rings is 2. The van der Waals surface area contributed by atoms with Gasteiger partial charge in [0.1, 0.15) is 5.75 Å². The molecule has 0 aliphatic carbocycles. The molecule has 2 amide bonds. The maximum absolute atomic E-state index is 12.5. The Balaban J connectivity index is 2.32. The normalized spacial score (nSPS) is 10.1. The lowest BCUT2D eigenvalue weighted by Crippen LogP contribution is -2.14. The van der Waals surface area contributed by atoms with Crippen molar-refractivity contribution in [1.82, 2.24) is 0 Å². The topological polar surface area (TPSA) is 67.4 Å². The predicted molar refractivity (Wildman–Crippen MR) is 91.4 cm³/mol. The Labute approximate surface area is 139 Å². The Bertz CT molecular complexity index is 759. The molecule has 0 aromatic heterocycles. The van der Waals surface area contributed by atoms with E-state index in [1.54, 1.807) is 6.07 Å². The number of anilines is 2. The quantitative estimate of drug-likeness (QED) is 0.893. The van der Waals surface area contributed by atoms with E-state index in [1.165, 1.54) is 26.2 Å². The van der Waals surface area contributed by atoms with E-state index >= 15 is 0 Å². The van der Waals surface area contributed by atoms with Gasteiger partial charge in [-0.15, -0.1) is 0 Å². The standard InChI is InChI=1S/C17H17ClN2O3/c1-10-5-4-6-12(7-10)20-17(22)13-8-14(18)15(19-11(2)21)9-16(13)23-3/h4-9H,1-3H3,(H,19,21)(H,20,22). The average molecular weight is 333 g/mol. The van der Waals surface area contributed by atoms with Gasteiger partial charge in [-0.2, -0.15) is 0 Å². The molecule has 0 atom stereocenters. The van der Waals surface area contributed by atoms with Gasteiger partial charge in [-0.3, -0.25) is 9.59 Å². The lowest BCUT2D eigenvalue weighted by Gasteiger charge is -2.13. The highest BCUT2D eigenvalue weighted by atomic mass is 35.5. The van der Waals surface area contributed by atoms with Crippen LogP contribution in [0.2, 0.25) is 5.02 Å². The van der Waals surface area contributed by atoms with Crippen molar-refractivity contribution < 1.29 is 14.3 Å². The molecule has 0 aliphatic rings. The van der Waals surface area contributed by atoms with Crippen molar-refractivity contribution in [1.29, 1.82) is 0 Å². The van der Waals surface area contributed by atoms with E-state index in [4.69, 9.17) is 16.3 Å². The first-order chi connectivity index (χ1) is 10.9. The molecule has 5 nitrogen and oxygen atoms in total. The number of hydrogen-bond acceptors (Lipinski definition) is 3. The Morgan fingerprint density at radius 2 is 1.87 bits per heavy atom. The van der Waals surface area contributed by atoms with E-state index in [1.807, 2.05) is 25.1 Å². The van der Waals surface area contributed by atoms with Crippen LogP contribution in [0, 0.1) is 6.92 Å². The smallest absolute Gasteiger partial charge is 0.259 e. The van der Waals surface area contributed by atoms with Crippen LogP contribution >= 0.6 is 11.6 Å². The van der Waals surface area contributed by atoms with Crippen LogP contribution in [0.5, 0.6) is 5.75 Å². The molecule has 0 spiro atoms. The summed E-state index contributed by atoms with van der Waals surface area (Å²) in [6.07, 6.45) is 0. The molecule has 0 saturated carbocycles. The maximum Gasteiger partial charge on any atom is 0.259 e. The molecule has 2 N–H and O–H groups in total. The molecular formula is C17H17ClN2O3. The predicted octanol–water partition coefficient (Wildman–Crippen LogP) is 3.87. The van der Waals surface area contributed by atoms with Gasteiger partial charge in [0, 0.05) is 18.7 Å². The van der Waals surface area contributed by atoms with Crippen LogP contribution < -0.4 is 15.4 Å². The molecule has 0 saturated heterocycles. The minimum absolute atomic E-state index is 0.258. The van der Waals surface area contributed by atoms with Crippen molar-refractivity contribution in [3.63, 3.8) is 0 Å². The molecule has 0 bridgehead atoms.